The summed E-state index contributed by atoms with van der Waals surface area (Å²) in [4.78, 5) is 3.44. The van der Waals surface area contributed by atoms with Crippen LogP contribution in [0.15, 0.2) is 18.2 Å². The number of benzene rings is 1. The first kappa shape index (κ1) is 16.5. The summed E-state index contributed by atoms with van der Waals surface area (Å²) < 4.78 is 23.8. The Morgan fingerprint density at radius 3 is 2.52 bits per heavy atom. The molecule has 0 saturated heterocycles. The normalized spacial score (nSPS) is 17.9. The van der Waals surface area contributed by atoms with Crippen molar-refractivity contribution in [3.63, 3.8) is 0 Å². The van der Waals surface area contributed by atoms with Crippen LogP contribution in [0.4, 0.5) is 0 Å². The van der Waals surface area contributed by atoms with Crippen molar-refractivity contribution in [2.24, 2.45) is 0 Å². The van der Waals surface area contributed by atoms with Crippen LogP contribution >= 0.6 is 0 Å². The Morgan fingerprint density at radius 2 is 1.87 bits per heavy atom. The molecule has 1 saturated carbocycles. The van der Waals surface area contributed by atoms with E-state index < -0.39 is 14.6 Å². The lowest BCUT2D eigenvalue weighted by atomic mass is 10.1. The summed E-state index contributed by atoms with van der Waals surface area (Å²) in [7, 11) is -3.03. The molecule has 23 heavy (non-hydrogen) atoms. The van der Waals surface area contributed by atoms with Gasteiger partial charge in [-0.3, -0.25) is 0 Å². The first-order chi connectivity index (χ1) is 10.8. The largest absolute Gasteiger partial charge is 0.357 e. The van der Waals surface area contributed by atoms with Gasteiger partial charge in [0.1, 0.15) is 0 Å². The molecule has 0 unspecified atom stereocenters. The second-order valence-electron chi connectivity index (χ2n) is 7.10. The van der Waals surface area contributed by atoms with E-state index >= 15 is 0 Å². The van der Waals surface area contributed by atoms with Gasteiger partial charge in [0.25, 0.3) is 0 Å². The number of hydrogen-bond donors (Lipinski definition) is 2. The molecule has 0 radical (unpaired) electrons. The highest BCUT2D eigenvalue weighted by Gasteiger charge is 2.42. The number of nitrogens with one attached hydrogen (secondary N) is 2. The molecule has 4 nitrogen and oxygen atoms in total. The summed E-state index contributed by atoms with van der Waals surface area (Å²) in [5, 5.41) is 4.62. The highest BCUT2D eigenvalue weighted by Crippen LogP contribution is 2.36. The molecule has 1 aromatic carbocycles. The maximum atomic E-state index is 12.2. The molecule has 0 bridgehead atoms. The zero-order chi connectivity index (χ0) is 16.7. The molecule has 5 heteroatoms. The van der Waals surface area contributed by atoms with E-state index in [4.69, 9.17) is 0 Å². The zero-order valence-corrected chi connectivity index (χ0v) is 15.0. The molecule has 0 atom stereocenters. The number of H-pyrrole nitrogens is 1. The number of aromatic amines is 1. The van der Waals surface area contributed by atoms with E-state index in [1.807, 2.05) is 0 Å². The quantitative estimate of drug-likeness (QED) is 0.882. The average molecular weight is 334 g/mol. The zero-order valence-electron chi connectivity index (χ0n) is 14.2. The van der Waals surface area contributed by atoms with Gasteiger partial charge in [0.05, 0.1) is 4.75 Å². The van der Waals surface area contributed by atoms with Crippen molar-refractivity contribution in [1.29, 1.82) is 0 Å². The Bertz CT molecular complexity index is 815. The topological polar surface area (TPSA) is 62.0 Å². The van der Waals surface area contributed by atoms with E-state index in [2.05, 4.69) is 42.3 Å². The molecule has 0 aliphatic heterocycles. The molecule has 0 amide bonds. The van der Waals surface area contributed by atoms with Crippen molar-refractivity contribution in [1.82, 2.24) is 10.3 Å². The van der Waals surface area contributed by atoms with Crippen LogP contribution < -0.4 is 5.32 Å². The molecule has 1 fully saturated rings. The van der Waals surface area contributed by atoms with E-state index in [1.54, 1.807) is 0 Å². The van der Waals surface area contributed by atoms with Gasteiger partial charge in [-0.2, -0.15) is 0 Å². The Balaban J connectivity index is 1.72. The molecule has 1 aliphatic rings. The second kappa shape index (κ2) is 5.95. The van der Waals surface area contributed by atoms with Crippen molar-refractivity contribution in [3.05, 3.63) is 35.0 Å². The molecule has 3 rings (SSSR count). The molecular weight excluding hydrogens is 308 g/mol. The summed E-state index contributed by atoms with van der Waals surface area (Å²) in [6.45, 7) is 5.43. The second-order valence-corrected chi connectivity index (χ2v) is 9.51. The van der Waals surface area contributed by atoms with E-state index in [1.165, 1.54) is 22.8 Å². The minimum Gasteiger partial charge on any atom is -0.357 e. The summed E-state index contributed by atoms with van der Waals surface area (Å²) in [6.07, 6.45) is 4.97. The monoisotopic (exact) mass is 334 g/mol. The predicted octanol–water partition coefficient (Wildman–Crippen LogP) is 3.23. The van der Waals surface area contributed by atoms with Gasteiger partial charge in [-0.1, -0.05) is 18.9 Å². The first-order valence-electron chi connectivity index (χ1n) is 8.30. The van der Waals surface area contributed by atoms with E-state index in [0.29, 0.717) is 13.1 Å². The molecule has 2 aromatic rings. The lowest BCUT2D eigenvalue weighted by Gasteiger charge is -2.27. The number of fused-ring (bicyclic) bond motifs is 1. The van der Waals surface area contributed by atoms with Crippen LogP contribution in [-0.4, -0.2) is 30.9 Å². The average Bonchev–Trinajstić information content (AvgIpc) is 3.05. The third kappa shape index (κ3) is 3.17. The summed E-state index contributed by atoms with van der Waals surface area (Å²) in [5.74, 6) is 0. The van der Waals surface area contributed by atoms with E-state index in [9.17, 15) is 8.42 Å². The van der Waals surface area contributed by atoms with Gasteiger partial charge in [-0.15, -0.1) is 0 Å². The van der Waals surface area contributed by atoms with Crippen molar-refractivity contribution in [2.45, 2.75) is 50.8 Å². The van der Waals surface area contributed by atoms with Gasteiger partial charge in [0, 0.05) is 35.9 Å². The molecule has 2 N–H and O–H groups in total. The highest BCUT2D eigenvalue weighted by molar-refractivity contribution is 7.92. The van der Waals surface area contributed by atoms with Crippen molar-refractivity contribution >= 4 is 20.7 Å². The van der Waals surface area contributed by atoms with Crippen LogP contribution in [-0.2, 0) is 16.4 Å². The Morgan fingerprint density at radius 1 is 1.17 bits per heavy atom. The van der Waals surface area contributed by atoms with Gasteiger partial charge in [-0.05, 0) is 49.9 Å². The number of hydrogen-bond acceptors (Lipinski definition) is 3. The SMILES string of the molecule is Cc1cc(C)c2cc(CNCC3(S(C)(=O)=O)CCCC3)[nH]c2c1. The Labute approximate surface area is 138 Å². The van der Waals surface area contributed by atoms with Gasteiger partial charge < -0.3 is 10.3 Å². The first-order valence-corrected chi connectivity index (χ1v) is 10.2. The fourth-order valence-corrected chi connectivity index (χ4v) is 5.27. The number of aromatic nitrogens is 1. The lowest BCUT2D eigenvalue weighted by Crippen LogP contribution is -2.44. The van der Waals surface area contributed by atoms with Crippen LogP contribution in [0.2, 0.25) is 0 Å². The predicted molar refractivity (Wildman–Crippen MR) is 95.5 cm³/mol. The molecule has 1 aliphatic carbocycles. The van der Waals surface area contributed by atoms with Crippen LogP contribution in [0.1, 0.15) is 42.5 Å². The Hall–Kier alpha value is -1.33. The lowest BCUT2D eigenvalue weighted by molar-refractivity contribution is 0.480. The van der Waals surface area contributed by atoms with Gasteiger partial charge >= 0.3 is 0 Å². The van der Waals surface area contributed by atoms with Gasteiger partial charge in [0.2, 0.25) is 0 Å². The van der Waals surface area contributed by atoms with Crippen LogP contribution in [0.25, 0.3) is 10.9 Å². The smallest absolute Gasteiger partial charge is 0.154 e. The minimum atomic E-state index is -3.03. The standard InChI is InChI=1S/C18H26N2O2S/c1-13-8-14(2)16-10-15(20-17(16)9-13)11-19-12-18(23(3,21)22)6-4-5-7-18/h8-10,19-20H,4-7,11-12H2,1-3H3. The van der Waals surface area contributed by atoms with E-state index in [0.717, 1.165) is 36.9 Å². The van der Waals surface area contributed by atoms with Crippen molar-refractivity contribution in [2.75, 3.05) is 12.8 Å². The fourth-order valence-electron chi connectivity index (χ4n) is 3.88. The number of sulfone groups is 1. The van der Waals surface area contributed by atoms with E-state index in [-0.39, 0.29) is 0 Å². The highest BCUT2D eigenvalue weighted by atomic mass is 32.2. The van der Waals surface area contributed by atoms with Gasteiger partial charge in [-0.25, -0.2) is 8.42 Å². The number of rotatable bonds is 5. The summed E-state index contributed by atoms with van der Waals surface area (Å²) >= 11 is 0. The third-order valence-corrected chi connectivity index (χ3v) is 7.33. The van der Waals surface area contributed by atoms with Crippen LogP contribution in [0.5, 0.6) is 0 Å². The maximum absolute atomic E-state index is 12.2. The molecule has 1 aromatic heterocycles. The molecule has 0 spiro atoms. The molecule has 1 heterocycles. The van der Waals surface area contributed by atoms with Crippen LogP contribution in [0, 0.1) is 13.8 Å². The van der Waals surface area contributed by atoms with Crippen LogP contribution in [0.3, 0.4) is 0 Å². The minimum absolute atomic E-state index is 0.541. The maximum Gasteiger partial charge on any atom is 0.154 e. The number of aryl methyl sites for hydroxylation is 2. The van der Waals surface area contributed by atoms with Crippen molar-refractivity contribution in [3.8, 4) is 0 Å². The van der Waals surface area contributed by atoms with Gasteiger partial charge in [0.15, 0.2) is 9.84 Å². The summed E-state index contributed by atoms with van der Waals surface area (Å²) in [5.41, 5.74) is 4.78. The molecular formula is C18H26N2O2S. The molecule has 126 valence electrons. The van der Waals surface area contributed by atoms with Crippen molar-refractivity contribution < 1.29 is 8.42 Å². The summed E-state index contributed by atoms with van der Waals surface area (Å²) in [6, 6.07) is 6.50. The third-order valence-electron chi connectivity index (χ3n) is 5.21. The Kier molecular flexibility index (Phi) is 4.27. The fraction of sp³-hybridized carbons (Fsp3) is 0.556.